The molecular weight excluding hydrogens is 332 g/mol. The average molecular weight is 356 g/mol. The second-order valence-corrected chi connectivity index (χ2v) is 6.69. The number of nitrogens with zero attached hydrogens (tertiary/aromatic N) is 3. The van der Waals surface area contributed by atoms with Crippen molar-refractivity contribution in [2.24, 2.45) is 5.92 Å². The molecule has 138 valence electrons. The Kier molecular flexibility index (Phi) is 5.55. The highest BCUT2D eigenvalue weighted by atomic mass is 16.6. The van der Waals surface area contributed by atoms with E-state index in [0.717, 1.165) is 36.1 Å². The second-order valence-electron chi connectivity index (χ2n) is 6.69. The van der Waals surface area contributed by atoms with E-state index in [1.165, 1.54) is 26.0 Å². The highest BCUT2D eigenvalue weighted by Gasteiger charge is 2.17. The van der Waals surface area contributed by atoms with E-state index in [-0.39, 0.29) is 11.4 Å². The number of rotatable bonds is 6. The summed E-state index contributed by atoms with van der Waals surface area (Å²) in [5.74, 6) is 2.07. The van der Waals surface area contributed by atoms with Crippen molar-refractivity contribution < 1.29 is 9.66 Å². The number of hydrogen-bond acceptors (Lipinski definition) is 6. The molecule has 1 aromatic carbocycles. The topological polar surface area (TPSA) is 80.5 Å². The average Bonchev–Trinajstić information content (AvgIpc) is 2.67. The van der Waals surface area contributed by atoms with Crippen LogP contribution < -0.4 is 15.0 Å². The van der Waals surface area contributed by atoms with Crippen molar-refractivity contribution in [1.29, 1.82) is 0 Å². The van der Waals surface area contributed by atoms with Gasteiger partial charge in [-0.2, -0.15) is 0 Å². The summed E-state index contributed by atoms with van der Waals surface area (Å²) >= 11 is 0. The summed E-state index contributed by atoms with van der Waals surface area (Å²) in [5, 5.41) is 14.2. The largest absolute Gasteiger partial charge is 0.490 e. The van der Waals surface area contributed by atoms with Gasteiger partial charge >= 0.3 is 5.69 Å². The summed E-state index contributed by atoms with van der Waals surface area (Å²) in [5.41, 5.74) is 1.78. The molecule has 0 spiro atoms. The molecule has 1 N–H and O–H groups in total. The zero-order valence-corrected chi connectivity index (χ0v) is 15.1. The molecule has 2 heterocycles. The van der Waals surface area contributed by atoms with Gasteiger partial charge < -0.3 is 15.0 Å². The standard InChI is InChI=1S/C19H24N4O3/c1-14-7-9-22(10-8-14)19-6-3-15(13-21-19)12-20-16-4-5-17(23(24)25)18(11-16)26-2/h3-6,11,13-14,20H,7-10,12H2,1-2H3. The van der Waals surface area contributed by atoms with Gasteiger partial charge in [-0.1, -0.05) is 13.0 Å². The Morgan fingerprint density at radius 1 is 1.31 bits per heavy atom. The van der Waals surface area contributed by atoms with Crippen LogP contribution in [0.3, 0.4) is 0 Å². The van der Waals surface area contributed by atoms with Gasteiger partial charge in [-0.3, -0.25) is 10.1 Å². The fraction of sp³-hybridized carbons (Fsp3) is 0.421. The van der Waals surface area contributed by atoms with Crippen molar-refractivity contribution in [1.82, 2.24) is 4.98 Å². The normalized spacial score (nSPS) is 14.9. The summed E-state index contributed by atoms with van der Waals surface area (Å²) in [4.78, 5) is 17.4. The molecule has 7 nitrogen and oxygen atoms in total. The molecule has 2 aromatic rings. The number of pyridine rings is 1. The molecular formula is C19H24N4O3. The lowest BCUT2D eigenvalue weighted by atomic mass is 9.99. The summed E-state index contributed by atoms with van der Waals surface area (Å²) in [6.45, 7) is 5.01. The summed E-state index contributed by atoms with van der Waals surface area (Å²) in [7, 11) is 1.43. The number of nitro benzene ring substituents is 1. The number of nitrogens with one attached hydrogen (secondary N) is 1. The van der Waals surface area contributed by atoms with Crippen LogP contribution in [0.25, 0.3) is 0 Å². The molecule has 26 heavy (non-hydrogen) atoms. The number of piperidine rings is 1. The molecule has 1 aliphatic heterocycles. The van der Waals surface area contributed by atoms with Crippen molar-refractivity contribution in [3.63, 3.8) is 0 Å². The van der Waals surface area contributed by atoms with Crippen molar-refractivity contribution in [3.05, 3.63) is 52.2 Å². The number of nitro groups is 1. The lowest BCUT2D eigenvalue weighted by Crippen LogP contribution is -2.33. The van der Waals surface area contributed by atoms with Crippen LogP contribution in [-0.4, -0.2) is 30.1 Å². The number of benzene rings is 1. The molecule has 3 rings (SSSR count). The molecule has 0 atom stereocenters. The van der Waals surface area contributed by atoms with Gasteiger partial charge in [0, 0.05) is 43.7 Å². The zero-order chi connectivity index (χ0) is 18.5. The predicted molar refractivity (Wildman–Crippen MR) is 102 cm³/mol. The SMILES string of the molecule is COc1cc(NCc2ccc(N3CCC(C)CC3)nc2)ccc1[N+](=O)[O-]. The summed E-state index contributed by atoms with van der Waals surface area (Å²) in [6.07, 6.45) is 4.31. The Hall–Kier alpha value is -2.83. The summed E-state index contributed by atoms with van der Waals surface area (Å²) in [6, 6.07) is 8.88. The van der Waals surface area contributed by atoms with E-state index < -0.39 is 4.92 Å². The van der Waals surface area contributed by atoms with Gasteiger partial charge in [0.1, 0.15) is 5.82 Å². The lowest BCUT2D eigenvalue weighted by Gasteiger charge is -2.31. The number of anilines is 2. The molecule has 1 aromatic heterocycles. The number of hydrogen-bond donors (Lipinski definition) is 1. The van der Waals surface area contributed by atoms with E-state index in [4.69, 9.17) is 4.74 Å². The third-order valence-corrected chi connectivity index (χ3v) is 4.79. The summed E-state index contributed by atoms with van der Waals surface area (Å²) < 4.78 is 5.09. The lowest BCUT2D eigenvalue weighted by molar-refractivity contribution is -0.385. The van der Waals surface area contributed by atoms with Crippen LogP contribution in [0.4, 0.5) is 17.2 Å². The van der Waals surface area contributed by atoms with Crippen molar-refractivity contribution in [2.45, 2.75) is 26.3 Å². The number of aromatic nitrogens is 1. The monoisotopic (exact) mass is 356 g/mol. The van der Waals surface area contributed by atoms with Crippen LogP contribution in [0.15, 0.2) is 36.5 Å². The molecule has 0 bridgehead atoms. The first-order valence-corrected chi connectivity index (χ1v) is 8.83. The van der Waals surface area contributed by atoms with Gasteiger partial charge in [0.2, 0.25) is 0 Å². The first-order valence-electron chi connectivity index (χ1n) is 8.83. The maximum Gasteiger partial charge on any atom is 0.311 e. The van der Waals surface area contributed by atoms with E-state index in [0.29, 0.717) is 6.54 Å². The third kappa shape index (κ3) is 4.22. The van der Waals surface area contributed by atoms with Gasteiger partial charge in [-0.05, 0) is 36.5 Å². The van der Waals surface area contributed by atoms with Gasteiger partial charge in [-0.15, -0.1) is 0 Å². The van der Waals surface area contributed by atoms with Crippen LogP contribution in [0.1, 0.15) is 25.3 Å². The first-order chi connectivity index (χ1) is 12.6. The van der Waals surface area contributed by atoms with Gasteiger partial charge in [0.25, 0.3) is 0 Å². The fourth-order valence-corrected chi connectivity index (χ4v) is 3.09. The van der Waals surface area contributed by atoms with E-state index in [9.17, 15) is 10.1 Å². The molecule has 1 fully saturated rings. The molecule has 1 saturated heterocycles. The number of methoxy groups -OCH3 is 1. The minimum absolute atomic E-state index is 0.0417. The van der Waals surface area contributed by atoms with E-state index >= 15 is 0 Å². The first kappa shape index (κ1) is 18.0. The van der Waals surface area contributed by atoms with E-state index in [1.807, 2.05) is 6.20 Å². The number of ether oxygens (including phenoxy) is 1. The van der Waals surface area contributed by atoms with Crippen LogP contribution in [0, 0.1) is 16.0 Å². The van der Waals surface area contributed by atoms with Crippen LogP contribution >= 0.6 is 0 Å². The Labute approximate surface area is 153 Å². The second kappa shape index (κ2) is 8.03. The molecule has 7 heteroatoms. The maximum absolute atomic E-state index is 10.9. The Bertz CT molecular complexity index is 756. The predicted octanol–water partition coefficient (Wildman–Crippen LogP) is 3.85. The van der Waals surface area contributed by atoms with Gasteiger partial charge in [0.05, 0.1) is 12.0 Å². The van der Waals surface area contributed by atoms with Gasteiger partial charge in [0.15, 0.2) is 5.75 Å². The minimum Gasteiger partial charge on any atom is -0.490 e. The Balaban J connectivity index is 1.60. The van der Waals surface area contributed by atoms with Crippen LogP contribution in [0.2, 0.25) is 0 Å². The molecule has 0 amide bonds. The highest BCUT2D eigenvalue weighted by Crippen LogP contribution is 2.30. The highest BCUT2D eigenvalue weighted by molar-refractivity contribution is 5.58. The fourth-order valence-electron chi connectivity index (χ4n) is 3.09. The Morgan fingerprint density at radius 3 is 2.69 bits per heavy atom. The smallest absolute Gasteiger partial charge is 0.311 e. The van der Waals surface area contributed by atoms with Crippen LogP contribution in [0.5, 0.6) is 5.75 Å². The minimum atomic E-state index is -0.452. The van der Waals surface area contributed by atoms with Crippen molar-refractivity contribution >= 4 is 17.2 Å². The molecule has 0 saturated carbocycles. The van der Waals surface area contributed by atoms with E-state index in [1.54, 1.807) is 12.1 Å². The van der Waals surface area contributed by atoms with Crippen LogP contribution in [-0.2, 0) is 6.54 Å². The Morgan fingerprint density at radius 2 is 2.08 bits per heavy atom. The third-order valence-electron chi connectivity index (χ3n) is 4.79. The molecule has 0 aliphatic carbocycles. The van der Waals surface area contributed by atoms with E-state index in [2.05, 4.69) is 34.3 Å². The van der Waals surface area contributed by atoms with Crippen molar-refractivity contribution in [2.75, 3.05) is 30.4 Å². The molecule has 0 unspecified atom stereocenters. The zero-order valence-electron chi connectivity index (χ0n) is 15.1. The molecule has 0 radical (unpaired) electrons. The molecule has 1 aliphatic rings. The van der Waals surface area contributed by atoms with Gasteiger partial charge in [-0.25, -0.2) is 4.98 Å². The maximum atomic E-state index is 10.9. The van der Waals surface area contributed by atoms with Crippen molar-refractivity contribution in [3.8, 4) is 5.75 Å². The quantitative estimate of drug-likeness (QED) is 0.625.